The van der Waals surface area contributed by atoms with Crippen LogP contribution in [-0.2, 0) is 17.4 Å². The monoisotopic (exact) mass is 404 g/mol. The van der Waals surface area contributed by atoms with Crippen LogP contribution in [0.15, 0.2) is 47.4 Å². The fourth-order valence-corrected chi connectivity index (χ4v) is 3.79. The number of rotatable bonds is 3. The Bertz CT molecular complexity index is 1080. The number of halogens is 3. The number of carbonyl (C=O) groups is 1. The lowest BCUT2D eigenvalue weighted by Gasteiger charge is -2.32. The van der Waals surface area contributed by atoms with Crippen LogP contribution in [0.4, 0.5) is 13.2 Å². The molecule has 0 spiro atoms. The predicted molar refractivity (Wildman–Crippen MR) is 100 cm³/mol. The van der Waals surface area contributed by atoms with Gasteiger partial charge < -0.3 is 4.90 Å². The Morgan fingerprint density at radius 3 is 2.48 bits per heavy atom. The highest BCUT2D eigenvalue weighted by atomic mass is 19.4. The minimum absolute atomic E-state index is 0.0319. The molecule has 1 aliphatic rings. The Morgan fingerprint density at radius 2 is 1.83 bits per heavy atom. The molecular formula is C20H19F3N4O2. The quantitative estimate of drug-likeness (QED) is 0.729. The second-order valence-corrected chi connectivity index (χ2v) is 7.15. The molecule has 1 aliphatic heterocycles. The standard InChI is InChI=1S/C20H19F3N4O2/c21-20(22,23)14-5-3-13(4-6-14)12-17(28)26-10-7-15(8-11-26)27-16-2-1-9-24-18(16)25-19(27)29/h1-6,9,15H,7-8,10-12H2,(H,24,25,29). The van der Waals surface area contributed by atoms with Crippen molar-refractivity contribution in [3.8, 4) is 0 Å². The third-order valence-corrected chi connectivity index (χ3v) is 5.31. The zero-order valence-corrected chi connectivity index (χ0v) is 15.4. The normalized spacial score (nSPS) is 15.8. The van der Waals surface area contributed by atoms with Gasteiger partial charge >= 0.3 is 11.9 Å². The van der Waals surface area contributed by atoms with Gasteiger partial charge in [-0.1, -0.05) is 12.1 Å². The van der Waals surface area contributed by atoms with Crippen LogP contribution in [0.1, 0.15) is 30.0 Å². The molecule has 1 fully saturated rings. The first kappa shape index (κ1) is 19.2. The lowest BCUT2D eigenvalue weighted by atomic mass is 10.0. The van der Waals surface area contributed by atoms with Crippen molar-refractivity contribution in [2.24, 2.45) is 0 Å². The lowest BCUT2D eigenvalue weighted by Crippen LogP contribution is -2.41. The van der Waals surface area contributed by atoms with E-state index in [1.54, 1.807) is 21.7 Å². The summed E-state index contributed by atoms with van der Waals surface area (Å²) >= 11 is 0. The third kappa shape index (κ3) is 3.90. The number of nitrogens with one attached hydrogen (secondary N) is 1. The van der Waals surface area contributed by atoms with Gasteiger partial charge in [0.2, 0.25) is 5.91 Å². The summed E-state index contributed by atoms with van der Waals surface area (Å²) in [6, 6.07) is 8.24. The second-order valence-electron chi connectivity index (χ2n) is 7.15. The molecule has 152 valence electrons. The van der Waals surface area contributed by atoms with E-state index in [-0.39, 0.29) is 24.1 Å². The molecule has 9 heteroatoms. The SMILES string of the molecule is O=C(Cc1ccc(C(F)(F)F)cc1)N1CCC(n2c(=O)[nH]c3ncccc32)CC1. The van der Waals surface area contributed by atoms with E-state index in [1.165, 1.54) is 12.1 Å². The van der Waals surface area contributed by atoms with Gasteiger partial charge in [-0.25, -0.2) is 9.78 Å². The van der Waals surface area contributed by atoms with Gasteiger partial charge in [-0.3, -0.25) is 14.3 Å². The molecule has 0 atom stereocenters. The molecule has 0 radical (unpaired) electrons. The van der Waals surface area contributed by atoms with E-state index in [0.717, 1.165) is 17.6 Å². The first-order valence-corrected chi connectivity index (χ1v) is 9.32. The highest BCUT2D eigenvalue weighted by Gasteiger charge is 2.30. The molecule has 0 bridgehead atoms. The van der Waals surface area contributed by atoms with Crippen molar-refractivity contribution < 1.29 is 18.0 Å². The number of amides is 1. The number of hydrogen-bond donors (Lipinski definition) is 1. The van der Waals surface area contributed by atoms with Crippen molar-refractivity contribution in [3.63, 3.8) is 0 Å². The van der Waals surface area contributed by atoms with Gasteiger partial charge in [-0.2, -0.15) is 13.2 Å². The maximum Gasteiger partial charge on any atom is 0.416 e. The average Bonchev–Trinajstić information content (AvgIpc) is 3.03. The Morgan fingerprint density at radius 1 is 1.14 bits per heavy atom. The maximum atomic E-state index is 12.6. The summed E-state index contributed by atoms with van der Waals surface area (Å²) in [6.07, 6.45) is -1.47. The van der Waals surface area contributed by atoms with Gasteiger partial charge in [-0.05, 0) is 42.7 Å². The molecule has 3 heterocycles. The molecule has 2 aromatic heterocycles. The molecule has 4 rings (SSSR count). The van der Waals surface area contributed by atoms with Crippen LogP contribution >= 0.6 is 0 Å². The van der Waals surface area contributed by atoms with Gasteiger partial charge in [-0.15, -0.1) is 0 Å². The van der Waals surface area contributed by atoms with Crippen LogP contribution in [-0.4, -0.2) is 38.4 Å². The van der Waals surface area contributed by atoms with Crippen LogP contribution in [0.3, 0.4) is 0 Å². The Balaban J connectivity index is 1.40. The van der Waals surface area contributed by atoms with Gasteiger partial charge in [0, 0.05) is 25.3 Å². The van der Waals surface area contributed by atoms with E-state index in [2.05, 4.69) is 9.97 Å². The highest BCUT2D eigenvalue weighted by molar-refractivity contribution is 5.79. The number of aromatic nitrogens is 3. The zero-order valence-electron chi connectivity index (χ0n) is 15.4. The number of imidazole rings is 1. The number of nitrogens with zero attached hydrogens (tertiary/aromatic N) is 3. The molecule has 1 saturated heterocycles. The summed E-state index contributed by atoms with van der Waals surface area (Å²) < 4.78 is 39.6. The predicted octanol–water partition coefficient (Wildman–Crippen LogP) is 3.15. The second kappa shape index (κ2) is 7.38. The number of H-pyrrole nitrogens is 1. The lowest BCUT2D eigenvalue weighted by molar-refractivity contribution is -0.137. The fraction of sp³-hybridized carbons (Fsp3) is 0.350. The largest absolute Gasteiger partial charge is 0.416 e. The van der Waals surface area contributed by atoms with E-state index in [1.807, 2.05) is 6.07 Å². The molecule has 6 nitrogen and oxygen atoms in total. The van der Waals surface area contributed by atoms with Crippen molar-refractivity contribution in [3.05, 3.63) is 64.2 Å². The first-order chi connectivity index (χ1) is 13.8. The van der Waals surface area contributed by atoms with Crippen LogP contribution in [0, 0.1) is 0 Å². The Hall–Kier alpha value is -3.10. The number of likely N-dealkylation sites (tertiary alicyclic amines) is 1. The number of aromatic amines is 1. The summed E-state index contributed by atoms with van der Waals surface area (Å²) in [5.74, 6) is -0.129. The summed E-state index contributed by atoms with van der Waals surface area (Å²) in [5.41, 5.74) is 0.885. The topological polar surface area (TPSA) is 71.0 Å². The molecular weight excluding hydrogens is 385 g/mol. The van der Waals surface area contributed by atoms with Crippen molar-refractivity contribution in [1.29, 1.82) is 0 Å². The number of hydrogen-bond acceptors (Lipinski definition) is 3. The molecule has 0 saturated carbocycles. The van der Waals surface area contributed by atoms with E-state index in [4.69, 9.17) is 0 Å². The number of alkyl halides is 3. The molecule has 0 unspecified atom stereocenters. The van der Waals surface area contributed by atoms with Gasteiger partial charge in [0.15, 0.2) is 5.65 Å². The fourth-order valence-electron chi connectivity index (χ4n) is 3.79. The highest BCUT2D eigenvalue weighted by Crippen LogP contribution is 2.29. The molecule has 1 N–H and O–H groups in total. The maximum absolute atomic E-state index is 12.6. The number of carbonyl (C=O) groups excluding carboxylic acids is 1. The Labute approximate surface area is 164 Å². The minimum atomic E-state index is -4.39. The summed E-state index contributed by atoms with van der Waals surface area (Å²) in [6.45, 7) is 0.979. The zero-order chi connectivity index (χ0) is 20.6. The minimum Gasteiger partial charge on any atom is -0.342 e. The number of benzene rings is 1. The first-order valence-electron chi connectivity index (χ1n) is 9.32. The van der Waals surface area contributed by atoms with E-state index in [9.17, 15) is 22.8 Å². The molecule has 3 aromatic rings. The summed E-state index contributed by atoms with van der Waals surface area (Å²) in [4.78, 5) is 33.4. The summed E-state index contributed by atoms with van der Waals surface area (Å²) in [7, 11) is 0. The molecule has 0 aliphatic carbocycles. The third-order valence-electron chi connectivity index (χ3n) is 5.31. The molecule has 1 amide bonds. The van der Waals surface area contributed by atoms with Crippen LogP contribution in [0.2, 0.25) is 0 Å². The Kier molecular flexibility index (Phi) is 4.89. The van der Waals surface area contributed by atoms with Crippen LogP contribution < -0.4 is 5.69 Å². The van der Waals surface area contributed by atoms with Crippen molar-refractivity contribution in [2.45, 2.75) is 31.5 Å². The van der Waals surface area contributed by atoms with E-state index in [0.29, 0.717) is 37.1 Å². The van der Waals surface area contributed by atoms with Crippen LogP contribution in [0.5, 0.6) is 0 Å². The van der Waals surface area contributed by atoms with E-state index >= 15 is 0 Å². The van der Waals surface area contributed by atoms with Gasteiger partial charge in [0.25, 0.3) is 0 Å². The van der Waals surface area contributed by atoms with E-state index < -0.39 is 11.7 Å². The van der Waals surface area contributed by atoms with Gasteiger partial charge in [0.05, 0.1) is 17.5 Å². The van der Waals surface area contributed by atoms with Gasteiger partial charge in [0.1, 0.15) is 0 Å². The smallest absolute Gasteiger partial charge is 0.342 e. The molecule has 29 heavy (non-hydrogen) atoms. The van der Waals surface area contributed by atoms with Crippen molar-refractivity contribution in [2.75, 3.05) is 13.1 Å². The number of fused-ring (bicyclic) bond motifs is 1. The van der Waals surface area contributed by atoms with Crippen LogP contribution in [0.25, 0.3) is 11.2 Å². The molecule has 1 aromatic carbocycles. The van der Waals surface area contributed by atoms with Crippen molar-refractivity contribution >= 4 is 17.1 Å². The van der Waals surface area contributed by atoms with Crippen molar-refractivity contribution in [1.82, 2.24) is 19.4 Å². The summed E-state index contributed by atoms with van der Waals surface area (Å²) in [5, 5.41) is 0. The number of piperidine rings is 1. The average molecular weight is 404 g/mol. The number of pyridine rings is 1.